The van der Waals surface area contributed by atoms with Gasteiger partial charge in [-0.05, 0) is 49.6 Å². The molecule has 1 aromatic carbocycles. The molecule has 1 aliphatic carbocycles. The molecule has 0 bridgehead atoms. The Hall–Kier alpha value is -1.52. The van der Waals surface area contributed by atoms with E-state index in [1.807, 2.05) is 30.3 Å². The van der Waals surface area contributed by atoms with Crippen LogP contribution in [-0.2, 0) is 20.9 Å². The lowest BCUT2D eigenvalue weighted by atomic mass is 9.74. The van der Waals surface area contributed by atoms with Gasteiger partial charge >= 0.3 is 0 Å². The number of piperidine rings is 1. The Balaban J connectivity index is 1.79. The molecular weight excluding hydrogens is 314 g/mol. The fourth-order valence-corrected chi connectivity index (χ4v) is 4.31. The molecule has 0 amide bonds. The molecule has 1 saturated carbocycles. The van der Waals surface area contributed by atoms with Gasteiger partial charge in [0, 0.05) is 6.42 Å². The van der Waals surface area contributed by atoms with Crippen molar-refractivity contribution in [3.8, 4) is 0 Å². The summed E-state index contributed by atoms with van der Waals surface area (Å²) in [5.74, 6) is 0.500. The van der Waals surface area contributed by atoms with Gasteiger partial charge in [0.1, 0.15) is 11.6 Å². The van der Waals surface area contributed by atoms with E-state index in [1.54, 1.807) is 0 Å². The van der Waals surface area contributed by atoms with Crippen molar-refractivity contribution in [2.24, 2.45) is 11.8 Å². The first-order chi connectivity index (χ1) is 12.0. The van der Waals surface area contributed by atoms with Crippen LogP contribution in [0, 0.1) is 11.8 Å². The van der Waals surface area contributed by atoms with Gasteiger partial charge in [0.15, 0.2) is 11.6 Å². The third-order valence-corrected chi connectivity index (χ3v) is 5.57. The maximum atomic E-state index is 13.5. The smallest absolute Gasteiger partial charge is 0.189 e. The molecule has 4 nitrogen and oxygen atoms in total. The molecule has 1 N–H and O–H groups in total. The molecule has 1 aliphatic heterocycles. The number of Topliss-reactive ketones (excluding diaryl/α,β-unsaturated/α-hetero) is 2. The fourth-order valence-electron chi connectivity index (χ4n) is 4.31. The van der Waals surface area contributed by atoms with E-state index in [1.165, 1.54) is 0 Å². The Morgan fingerprint density at radius 2 is 2.04 bits per heavy atom. The van der Waals surface area contributed by atoms with Crippen LogP contribution >= 0.6 is 0 Å². The summed E-state index contributed by atoms with van der Waals surface area (Å²) in [7, 11) is 0. The number of carbonyl (C=O) groups excluding carboxylic acids is 2. The van der Waals surface area contributed by atoms with Crippen molar-refractivity contribution in [1.82, 2.24) is 5.32 Å². The molecule has 2 unspecified atom stereocenters. The fraction of sp³-hybridized carbons (Fsp3) is 0.619. The van der Waals surface area contributed by atoms with Crippen molar-refractivity contribution in [3.63, 3.8) is 0 Å². The molecule has 1 heterocycles. The largest absolute Gasteiger partial charge is 0.366 e. The Morgan fingerprint density at radius 3 is 2.76 bits per heavy atom. The summed E-state index contributed by atoms with van der Waals surface area (Å²) in [5.41, 5.74) is 0.0570. The summed E-state index contributed by atoms with van der Waals surface area (Å²) in [6, 6.07) is 9.90. The zero-order valence-corrected chi connectivity index (χ0v) is 15.3. The van der Waals surface area contributed by atoms with Crippen molar-refractivity contribution >= 4 is 11.6 Å². The zero-order valence-electron chi connectivity index (χ0n) is 15.3. The van der Waals surface area contributed by atoms with Crippen LogP contribution in [0.4, 0.5) is 0 Å². The molecule has 1 saturated heterocycles. The van der Waals surface area contributed by atoms with Gasteiger partial charge in [-0.1, -0.05) is 44.2 Å². The first-order valence-corrected chi connectivity index (χ1v) is 9.52. The van der Waals surface area contributed by atoms with E-state index in [2.05, 4.69) is 19.2 Å². The lowest BCUT2D eigenvalue weighted by Crippen LogP contribution is -2.65. The van der Waals surface area contributed by atoms with Crippen LogP contribution in [0.3, 0.4) is 0 Å². The molecule has 1 aromatic rings. The van der Waals surface area contributed by atoms with Gasteiger partial charge in [-0.3, -0.25) is 14.9 Å². The first kappa shape index (κ1) is 18.3. The Labute approximate surface area is 150 Å². The Kier molecular flexibility index (Phi) is 5.70. The van der Waals surface area contributed by atoms with Crippen molar-refractivity contribution < 1.29 is 14.3 Å². The topological polar surface area (TPSA) is 55.4 Å². The second-order valence-corrected chi connectivity index (χ2v) is 7.81. The molecule has 3 rings (SSSR count). The second kappa shape index (κ2) is 7.79. The van der Waals surface area contributed by atoms with Gasteiger partial charge < -0.3 is 4.74 Å². The van der Waals surface area contributed by atoms with Crippen molar-refractivity contribution in [2.45, 2.75) is 64.2 Å². The van der Waals surface area contributed by atoms with Gasteiger partial charge in [-0.25, -0.2) is 0 Å². The van der Waals surface area contributed by atoms with Crippen LogP contribution in [-0.4, -0.2) is 29.8 Å². The number of hydrogen-bond donors (Lipinski definition) is 1. The molecule has 4 heteroatoms. The molecule has 136 valence electrons. The third-order valence-electron chi connectivity index (χ3n) is 5.57. The van der Waals surface area contributed by atoms with Crippen LogP contribution in [0.5, 0.6) is 0 Å². The van der Waals surface area contributed by atoms with Crippen LogP contribution in [0.15, 0.2) is 30.3 Å². The predicted octanol–water partition coefficient (Wildman–Crippen LogP) is 3.29. The SMILES string of the molecule is CC(C)C[C@H](OCc1ccccc1)C(=O)C12NCCCC1CCC2=O. The molecule has 0 aromatic heterocycles. The number of nitrogens with one attached hydrogen (secondary N) is 1. The number of ketones is 2. The average molecular weight is 343 g/mol. The number of hydrogen-bond acceptors (Lipinski definition) is 4. The summed E-state index contributed by atoms with van der Waals surface area (Å²) in [6.07, 6.45) is 3.44. The molecule has 0 radical (unpaired) electrons. The van der Waals surface area contributed by atoms with Crippen LogP contribution in [0.25, 0.3) is 0 Å². The number of ether oxygens (including phenoxy) is 1. The van der Waals surface area contributed by atoms with Crippen molar-refractivity contribution in [3.05, 3.63) is 35.9 Å². The molecule has 2 aliphatic rings. The highest BCUT2D eigenvalue weighted by atomic mass is 16.5. The molecule has 0 spiro atoms. The molecule has 25 heavy (non-hydrogen) atoms. The van der Waals surface area contributed by atoms with Crippen LogP contribution < -0.4 is 5.32 Å². The van der Waals surface area contributed by atoms with Crippen LogP contribution in [0.2, 0.25) is 0 Å². The van der Waals surface area contributed by atoms with Crippen molar-refractivity contribution in [2.75, 3.05) is 6.54 Å². The lowest BCUT2D eigenvalue weighted by Gasteiger charge is -2.40. The van der Waals surface area contributed by atoms with Gasteiger partial charge in [0.2, 0.25) is 0 Å². The molecule has 2 fully saturated rings. The quantitative estimate of drug-likeness (QED) is 0.772. The third kappa shape index (κ3) is 3.70. The van der Waals surface area contributed by atoms with E-state index in [4.69, 9.17) is 4.74 Å². The highest BCUT2D eigenvalue weighted by Crippen LogP contribution is 2.40. The average Bonchev–Trinajstić information content (AvgIpc) is 2.97. The summed E-state index contributed by atoms with van der Waals surface area (Å²) < 4.78 is 6.06. The van der Waals surface area contributed by atoms with E-state index >= 15 is 0 Å². The number of fused-ring (bicyclic) bond motifs is 1. The van der Waals surface area contributed by atoms with Gasteiger partial charge in [0.05, 0.1) is 6.61 Å². The minimum absolute atomic E-state index is 0.0377. The van der Waals surface area contributed by atoms with Gasteiger partial charge in [-0.15, -0.1) is 0 Å². The van der Waals surface area contributed by atoms with E-state index < -0.39 is 11.6 Å². The minimum atomic E-state index is -0.992. The van der Waals surface area contributed by atoms with E-state index in [9.17, 15) is 9.59 Å². The Bertz CT molecular complexity index is 613. The zero-order chi connectivity index (χ0) is 17.9. The first-order valence-electron chi connectivity index (χ1n) is 9.52. The summed E-state index contributed by atoms with van der Waals surface area (Å²) in [6.45, 7) is 5.32. The lowest BCUT2D eigenvalue weighted by molar-refractivity contribution is -0.147. The molecule has 3 atom stereocenters. The summed E-state index contributed by atoms with van der Waals surface area (Å²) in [5, 5.41) is 3.32. The number of rotatable bonds is 7. The highest BCUT2D eigenvalue weighted by Gasteiger charge is 2.57. The highest BCUT2D eigenvalue weighted by molar-refractivity contribution is 6.15. The minimum Gasteiger partial charge on any atom is -0.366 e. The maximum absolute atomic E-state index is 13.5. The Morgan fingerprint density at radius 1 is 1.28 bits per heavy atom. The molecular formula is C21H29NO3. The second-order valence-electron chi connectivity index (χ2n) is 7.81. The summed E-state index contributed by atoms with van der Waals surface area (Å²) in [4.78, 5) is 26.2. The number of benzene rings is 1. The van der Waals surface area contributed by atoms with Gasteiger partial charge in [-0.2, -0.15) is 0 Å². The number of carbonyl (C=O) groups is 2. The van der Waals surface area contributed by atoms with E-state index in [0.717, 1.165) is 31.4 Å². The standard InChI is InChI=1S/C21H29NO3/c1-15(2)13-18(25-14-16-7-4-3-5-8-16)20(24)21-17(9-6-12-22-21)10-11-19(21)23/h3-5,7-8,15,17-18,22H,6,9-14H2,1-2H3/t17?,18-,21?/m0/s1. The van der Waals surface area contributed by atoms with Crippen molar-refractivity contribution in [1.29, 1.82) is 0 Å². The monoisotopic (exact) mass is 343 g/mol. The van der Waals surface area contributed by atoms with E-state index in [0.29, 0.717) is 25.4 Å². The van der Waals surface area contributed by atoms with Gasteiger partial charge in [0.25, 0.3) is 0 Å². The maximum Gasteiger partial charge on any atom is 0.189 e. The van der Waals surface area contributed by atoms with Crippen LogP contribution in [0.1, 0.15) is 51.5 Å². The van der Waals surface area contributed by atoms with E-state index in [-0.39, 0.29) is 17.5 Å². The normalized spacial score (nSPS) is 27.3. The summed E-state index contributed by atoms with van der Waals surface area (Å²) >= 11 is 0. The predicted molar refractivity (Wildman–Crippen MR) is 97.2 cm³/mol.